The molecule has 2 nitrogen and oxygen atoms in total. The van der Waals surface area contributed by atoms with Crippen molar-refractivity contribution in [2.75, 3.05) is 6.61 Å². The van der Waals surface area contributed by atoms with Crippen molar-refractivity contribution in [2.24, 2.45) is 0 Å². The van der Waals surface area contributed by atoms with Crippen LogP contribution in [0.4, 0.5) is 8.78 Å². The van der Waals surface area contributed by atoms with Gasteiger partial charge in [0.05, 0.1) is 4.47 Å². The van der Waals surface area contributed by atoms with Crippen molar-refractivity contribution in [3.05, 3.63) is 63.6 Å². The van der Waals surface area contributed by atoms with Crippen LogP contribution in [0.3, 0.4) is 0 Å². The molecule has 0 bridgehead atoms. The molecule has 0 unspecified atom stereocenters. The molecule has 0 aliphatic heterocycles. The lowest BCUT2D eigenvalue weighted by Crippen LogP contribution is -2.13. The van der Waals surface area contributed by atoms with Gasteiger partial charge in [-0.3, -0.25) is 4.79 Å². The number of rotatable bonds is 4. The van der Waals surface area contributed by atoms with E-state index in [2.05, 4.69) is 15.9 Å². The number of hydrogen-bond acceptors (Lipinski definition) is 2. The van der Waals surface area contributed by atoms with Crippen LogP contribution >= 0.6 is 15.9 Å². The summed E-state index contributed by atoms with van der Waals surface area (Å²) < 4.78 is 31.8. The summed E-state index contributed by atoms with van der Waals surface area (Å²) in [6, 6.07) is 8.84. The highest BCUT2D eigenvalue weighted by Crippen LogP contribution is 2.29. The first-order valence-corrected chi connectivity index (χ1v) is 6.64. The molecule has 0 radical (unpaired) electrons. The molecular weight excluding hydrogens is 330 g/mol. The number of hydrogen-bond donors (Lipinski definition) is 0. The third-order valence-corrected chi connectivity index (χ3v) is 3.35. The van der Waals surface area contributed by atoms with E-state index in [9.17, 15) is 13.6 Å². The fraction of sp³-hybridized carbons (Fsp3) is 0.133. The van der Waals surface area contributed by atoms with Crippen molar-refractivity contribution < 1.29 is 18.3 Å². The summed E-state index contributed by atoms with van der Waals surface area (Å²) in [5.74, 6) is -2.01. The number of ketones is 1. The molecule has 0 aliphatic carbocycles. The van der Waals surface area contributed by atoms with Crippen LogP contribution in [0.25, 0.3) is 0 Å². The van der Waals surface area contributed by atoms with Crippen LogP contribution in [0.1, 0.15) is 15.9 Å². The van der Waals surface area contributed by atoms with Gasteiger partial charge in [0.25, 0.3) is 0 Å². The first kappa shape index (κ1) is 14.7. The van der Waals surface area contributed by atoms with Crippen molar-refractivity contribution in [3.63, 3.8) is 0 Å². The van der Waals surface area contributed by atoms with Gasteiger partial charge in [-0.2, -0.15) is 0 Å². The molecule has 0 saturated heterocycles. The Balaban J connectivity index is 2.14. The highest BCUT2D eigenvalue weighted by atomic mass is 79.9. The molecular formula is C15H11BrF2O2. The van der Waals surface area contributed by atoms with E-state index in [0.717, 1.165) is 11.6 Å². The van der Waals surface area contributed by atoms with E-state index >= 15 is 0 Å². The lowest BCUT2D eigenvalue weighted by Gasteiger charge is -2.10. The van der Waals surface area contributed by atoms with Crippen LogP contribution < -0.4 is 4.74 Å². The predicted molar refractivity (Wildman–Crippen MR) is 75.1 cm³/mol. The number of ether oxygens (including phenoxy) is 1. The fourth-order valence-electron chi connectivity index (χ4n) is 1.77. The quantitative estimate of drug-likeness (QED) is 0.775. The summed E-state index contributed by atoms with van der Waals surface area (Å²) in [5.41, 5.74) is 1.34. The molecule has 104 valence electrons. The van der Waals surface area contributed by atoms with E-state index in [1.165, 1.54) is 0 Å². The first-order chi connectivity index (χ1) is 9.49. The van der Waals surface area contributed by atoms with E-state index in [4.69, 9.17) is 4.74 Å². The van der Waals surface area contributed by atoms with Gasteiger partial charge >= 0.3 is 0 Å². The standard InChI is InChI=1S/C15H11BrF2O2/c1-9-4-2-3-5-11(9)14(19)8-20-15-12(16)6-10(17)7-13(15)18/h2-7H,8H2,1H3. The van der Waals surface area contributed by atoms with Crippen LogP contribution in [-0.2, 0) is 0 Å². The third kappa shape index (κ3) is 3.22. The van der Waals surface area contributed by atoms with Gasteiger partial charge in [-0.15, -0.1) is 0 Å². The lowest BCUT2D eigenvalue weighted by atomic mass is 10.1. The smallest absolute Gasteiger partial charge is 0.200 e. The van der Waals surface area contributed by atoms with Crippen LogP contribution in [0, 0.1) is 18.6 Å². The van der Waals surface area contributed by atoms with E-state index in [-0.39, 0.29) is 22.6 Å². The summed E-state index contributed by atoms with van der Waals surface area (Å²) in [6.45, 7) is 1.49. The maximum absolute atomic E-state index is 13.5. The van der Waals surface area contributed by atoms with Crippen molar-refractivity contribution >= 4 is 21.7 Å². The minimum Gasteiger partial charge on any atom is -0.481 e. The Morgan fingerprint density at radius 3 is 2.60 bits per heavy atom. The largest absolute Gasteiger partial charge is 0.481 e. The highest BCUT2D eigenvalue weighted by molar-refractivity contribution is 9.10. The third-order valence-electron chi connectivity index (χ3n) is 2.76. The summed E-state index contributed by atoms with van der Waals surface area (Å²) in [7, 11) is 0. The summed E-state index contributed by atoms with van der Waals surface area (Å²) >= 11 is 3.00. The zero-order valence-corrected chi connectivity index (χ0v) is 12.2. The molecule has 0 spiro atoms. The molecule has 0 amide bonds. The maximum Gasteiger partial charge on any atom is 0.200 e. The van der Waals surface area contributed by atoms with Gasteiger partial charge in [-0.25, -0.2) is 8.78 Å². The monoisotopic (exact) mass is 340 g/mol. The average Bonchev–Trinajstić information content (AvgIpc) is 2.37. The first-order valence-electron chi connectivity index (χ1n) is 5.85. The van der Waals surface area contributed by atoms with Gasteiger partial charge in [0.1, 0.15) is 5.82 Å². The number of Topliss-reactive ketones (excluding diaryl/α,β-unsaturated/α-hetero) is 1. The molecule has 2 aromatic rings. The Morgan fingerprint density at radius 1 is 1.25 bits per heavy atom. The van der Waals surface area contributed by atoms with Gasteiger partial charge in [-0.1, -0.05) is 24.3 Å². The Labute approximate surface area is 123 Å². The van der Waals surface area contributed by atoms with E-state index in [1.807, 2.05) is 19.1 Å². The Morgan fingerprint density at radius 2 is 1.95 bits per heavy atom. The molecule has 0 aromatic heterocycles. The number of aryl methyl sites for hydroxylation is 1. The molecule has 0 fully saturated rings. The van der Waals surface area contributed by atoms with Crippen molar-refractivity contribution in [2.45, 2.75) is 6.92 Å². The Kier molecular flexibility index (Phi) is 4.49. The van der Waals surface area contributed by atoms with E-state index in [0.29, 0.717) is 11.6 Å². The predicted octanol–water partition coefficient (Wildman–Crippen LogP) is 4.30. The molecule has 20 heavy (non-hydrogen) atoms. The molecule has 0 aliphatic rings. The summed E-state index contributed by atoms with van der Waals surface area (Å²) in [5, 5.41) is 0. The van der Waals surface area contributed by atoms with E-state index < -0.39 is 11.6 Å². The highest BCUT2D eigenvalue weighted by Gasteiger charge is 2.14. The molecule has 0 N–H and O–H groups in total. The van der Waals surface area contributed by atoms with Crippen molar-refractivity contribution in [3.8, 4) is 5.75 Å². The number of halogens is 3. The second-order valence-electron chi connectivity index (χ2n) is 4.23. The van der Waals surface area contributed by atoms with Crippen molar-refractivity contribution in [1.82, 2.24) is 0 Å². The second-order valence-corrected chi connectivity index (χ2v) is 5.08. The minimum atomic E-state index is -0.852. The van der Waals surface area contributed by atoms with Gasteiger partial charge < -0.3 is 4.74 Å². The van der Waals surface area contributed by atoms with E-state index in [1.54, 1.807) is 12.1 Å². The summed E-state index contributed by atoms with van der Waals surface area (Å²) in [6.07, 6.45) is 0. The molecule has 0 heterocycles. The summed E-state index contributed by atoms with van der Waals surface area (Å²) in [4.78, 5) is 12.0. The van der Waals surface area contributed by atoms with Gasteiger partial charge in [0.15, 0.2) is 24.0 Å². The number of benzene rings is 2. The number of carbonyl (C=O) groups is 1. The molecule has 0 atom stereocenters. The molecule has 5 heteroatoms. The van der Waals surface area contributed by atoms with Crippen LogP contribution in [0.15, 0.2) is 40.9 Å². The lowest BCUT2D eigenvalue weighted by molar-refractivity contribution is 0.0917. The fourth-order valence-corrected chi connectivity index (χ4v) is 2.29. The minimum absolute atomic E-state index is 0.132. The topological polar surface area (TPSA) is 26.3 Å². The van der Waals surface area contributed by atoms with Crippen LogP contribution in [-0.4, -0.2) is 12.4 Å². The maximum atomic E-state index is 13.5. The molecule has 2 aromatic carbocycles. The van der Waals surface area contributed by atoms with Crippen LogP contribution in [0.5, 0.6) is 5.75 Å². The van der Waals surface area contributed by atoms with Gasteiger partial charge in [0.2, 0.25) is 0 Å². The Bertz CT molecular complexity index is 633. The van der Waals surface area contributed by atoms with Gasteiger partial charge in [0, 0.05) is 11.6 Å². The van der Waals surface area contributed by atoms with Crippen molar-refractivity contribution in [1.29, 1.82) is 0 Å². The second kappa shape index (κ2) is 6.13. The van der Waals surface area contributed by atoms with Gasteiger partial charge in [-0.05, 0) is 34.5 Å². The average molecular weight is 341 g/mol. The molecule has 0 saturated carbocycles. The van der Waals surface area contributed by atoms with Crippen LogP contribution in [0.2, 0.25) is 0 Å². The zero-order chi connectivity index (χ0) is 14.7. The SMILES string of the molecule is Cc1ccccc1C(=O)COc1c(F)cc(F)cc1Br. The number of carbonyl (C=O) groups excluding carboxylic acids is 1. The zero-order valence-electron chi connectivity index (χ0n) is 10.6. The molecule has 2 rings (SSSR count). The normalized spacial score (nSPS) is 10.4. The Hall–Kier alpha value is -1.75.